The van der Waals surface area contributed by atoms with Gasteiger partial charge in [-0.2, -0.15) is 13.2 Å². The van der Waals surface area contributed by atoms with Crippen molar-refractivity contribution in [3.63, 3.8) is 0 Å². The van der Waals surface area contributed by atoms with Crippen LogP contribution in [0.25, 0.3) is 0 Å². The molecule has 0 amide bonds. The van der Waals surface area contributed by atoms with Crippen LogP contribution in [0.15, 0.2) is 18.2 Å². The highest BCUT2D eigenvalue weighted by Crippen LogP contribution is 2.27. The second kappa shape index (κ2) is 9.23. The molecule has 0 aromatic heterocycles. The summed E-state index contributed by atoms with van der Waals surface area (Å²) in [5, 5.41) is 16.6. The number of anilines is 1. The van der Waals surface area contributed by atoms with Gasteiger partial charge in [0.25, 0.3) is 5.69 Å². The van der Waals surface area contributed by atoms with E-state index in [0.717, 1.165) is 12.1 Å². The molecule has 0 radical (unpaired) electrons. The molecule has 0 aliphatic heterocycles. The molecule has 1 aromatic carbocycles. The van der Waals surface area contributed by atoms with E-state index in [0.29, 0.717) is 19.6 Å². The number of nitro groups is 1. The molecular weight excluding hydrogens is 351 g/mol. The fourth-order valence-electron chi connectivity index (χ4n) is 1.60. The van der Waals surface area contributed by atoms with Crippen molar-refractivity contribution in [2.75, 3.05) is 32.2 Å². The first-order chi connectivity index (χ1) is 11.2. The van der Waals surface area contributed by atoms with Crippen LogP contribution in [0, 0.1) is 10.1 Å². The molecule has 0 spiro atoms. The van der Waals surface area contributed by atoms with Crippen LogP contribution in [0.2, 0.25) is 0 Å². The van der Waals surface area contributed by atoms with Crippen LogP contribution in [0.4, 0.5) is 24.5 Å². The monoisotopic (exact) mass is 367 g/mol. The van der Waals surface area contributed by atoms with Crippen LogP contribution in [0.3, 0.4) is 0 Å². The fourth-order valence-corrected chi connectivity index (χ4v) is 1.82. The third-order valence-electron chi connectivity index (χ3n) is 2.57. The van der Waals surface area contributed by atoms with Crippen LogP contribution < -0.4 is 15.4 Å². The second-order valence-corrected chi connectivity index (χ2v) is 5.01. The average molecular weight is 367 g/mol. The van der Waals surface area contributed by atoms with Crippen molar-refractivity contribution in [3.8, 4) is 5.75 Å². The first kappa shape index (κ1) is 19.9. The second-order valence-electron chi connectivity index (χ2n) is 4.60. The van der Waals surface area contributed by atoms with Gasteiger partial charge in [-0.05, 0) is 18.6 Å². The number of hydrogen-bond donors (Lipinski definition) is 2. The van der Waals surface area contributed by atoms with E-state index in [2.05, 4.69) is 15.4 Å². The first-order valence-corrected chi connectivity index (χ1v) is 7.15. The Kier molecular flexibility index (Phi) is 7.65. The number of thiocarbonyl (C=S) groups is 1. The molecule has 0 saturated heterocycles. The van der Waals surface area contributed by atoms with Gasteiger partial charge in [0, 0.05) is 32.4 Å². The van der Waals surface area contributed by atoms with Crippen LogP contribution in [-0.2, 0) is 4.74 Å². The highest BCUT2D eigenvalue weighted by molar-refractivity contribution is 7.80. The Morgan fingerprint density at radius 2 is 2.08 bits per heavy atom. The maximum Gasteiger partial charge on any atom is 0.422 e. The maximum atomic E-state index is 12.2. The largest absolute Gasteiger partial charge is 0.484 e. The summed E-state index contributed by atoms with van der Waals surface area (Å²) in [6.45, 7) is -0.513. The van der Waals surface area contributed by atoms with Crippen LogP contribution >= 0.6 is 12.2 Å². The molecule has 24 heavy (non-hydrogen) atoms. The normalized spacial score (nSPS) is 11.0. The predicted molar refractivity (Wildman–Crippen MR) is 85.4 cm³/mol. The van der Waals surface area contributed by atoms with Gasteiger partial charge < -0.3 is 20.1 Å². The zero-order valence-electron chi connectivity index (χ0n) is 12.7. The average Bonchev–Trinajstić information content (AvgIpc) is 2.48. The van der Waals surface area contributed by atoms with Crippen LogP contribution in [0.1, 0.15) is 6.42 Å². The van der Waals surface area contributed by atoms with Gasteiger partial charge in [0.2, 0.25) is 0 Å². The van der Waals surface area contributed by atoms with Crippen molar-refractivity contribution < 1.29 is 27.6 Å². The van der Waals surface area contributed by atoms with Gasteiger partial charge in [-0.3, -0.25) is 10.1 Å². The lowest BCUT2D eigenvalue weighted by Crippen LogP contribution is -2.29. The highest BCUT2D eigenvalue weighted by Gasteiger charge is 2.28. The number of rotatable bonds is 8. The Hall–Kier alpha value is -2.14. The Bertz CT molecular complexity index is 584. The van der Waals surface area contributed by atoms with Gasteiger partial charge in [-0.15, -0.1) is 0 Å². The predicted octanol–water partition coefficient (Wildman–Crippen LogP) is 2.86. The number of hydrogen-bond acceptors (Lipinski definition) is 5. The third-order valence-corrected chi connectivity index (χ3v) is 2.82. The molecule has 0 aliphatic rings. The minimum atomic E-state index is -4.55. The fraction of sp³-hybridized carbons (Fsp3) is 0.462. The van der Waals surface area contributed by atoms with Gasteiger partial charge in [0.05, 0.1) is 16.7 Å². The molecule has 2 N–H and O–H groups in total. The minimum absolute atomic E-state index is 0.144. The molecule has 11 heteroatoms. The third kappa shape index (κ3) is 7.92. The number of halogens is 3. The lowest BCUT2D eigenvalue weighted by atomic mass is 10.2. The number of nitrogens with zero attached hydrogens (tertiary/aromatic N) is 1. The van der Waals surface area contributed by atoms with E-state index < -0.39 is 23.4 Å². The number of non-ortho nitro benzene ring substituents is 1. The molecule has 0 unspecified atom stereocenters. The molecule has 1 rings (SSSR count). The molecule has 1 aromatic rings. The number of benzene rings is 1. The molecule has 0 saturated carbocycles. The lowest BCUT2D eigenvalue weighted by Gasteiger charge is -2.13. The summed E-state index contributed by atoms with van der Waals surface area (Å²) in [7, 11) is 1.56. The molecule has 0 atom stereocenters. The topological polar surface area (TPSA) is 85.7 Å². The zero-order valence-corrected chi connectivity index (χ0v) is 13.5. The Morgan fingerprint density at radius 3 is 2.67 bits per heavy atom. The van der Waals surface area contributed by atoms with E-state index in [1.807, 2.05) is 0 Å². The SMILES string of the molecule is COCCCNC(=S)Nc1cc(OCC(F)(F)F)cc([N+](=O)[O-])c1. The number of ether oxygens (including phenoxy) is 2. The minimum Gasteiger partial charge on any atom is -0.484 e. The van der Waals surface area contributed by atoms with Gasteiger partial charge in [0.15, 0.2) is 11.7 Å². The van der Waals surface area contributed by atoms with E-state index in [1.165, 1.54) is 6.07 Å². The highest BCUT2D eigenvalue weighted by atomic mass is 32.1. The van der Waals surface area contributed by atoms with E-state index in [1.54, 1.807) is 7.11 Å². The summed E-state index contributed by atoms with van der Waals surface area (Å²) in [6.07, 6.45) is -3.86. The molecule has 7 nitrogen and oxygen atoms in total. The molecule has 0 bridgehead atoms. The van der Waals surface area contributed by atoms with E-state index >= 15 is 0 Å². The van der Waals surface area contributed by atoms with E-state index in [-0.39, 0.29) is 16.5 Å². The van der Waals surface area contributed by atoms with Gasteiger partial charge >= 0.3 is 6.18 Å². The standard InChI is InChI=1S/C13H16F3N3O4S/c1-22-4-2-3-17-12(24)18-9-5-10(19(20)21)7-11(6-9)23-8-13(14,15)16/h5-7H,2-4,8H2,1H3,(H2,17,18,24). The summed E-state index contributed by atoms with van der Waals surface area (Å²) < 4.78 is 46.0. The number of nitro benzene ring substituents is 1. The summed E-state index contributed by atoms with van der Waals surface area (Å²) >= 11 is 5.01. The summed E-state index contributed by atoms with van der Waals surface area (Å²) in [5.41, 5.74) is -0.273. The molecule has 0 aliphatic carbocycles. The molecule has 0 heterocycles. The quantitative estimate of drug-likeness (QED) is 0.316. The first-order valence-electron chi connectivity index (χ1n) is 6.74. The van der Waals surface area contributed by atoms with Gasteiger partial charge in [-0.1, -0.05) is 0 Å². The van der Waals surface area contributed by atoms with Gasteiger partial charge in [-0.25, -0.2) is 0 Å². The lowest BCUT2D eigenvalue weighted by molar-refractivity contribution is -0.384. The van der Waals surface area contributed by atoms with E-state index in [4.69, 9.17) is 17.0 Å². The summed E-state index contributed by atoms with van der Waals surface area (Å²) in [4.78, 5) is 10.1. The summed E-state index contributed by atoms with van der Waals surface area (Å²) in [5.74, 6) is -0.286. The number of methoxy groups -OCH3 is 1. The zero-order chi connectivity index (χ0) is 18.2. The van der Waals surface area contributed by atoms with Crippen LogP contribution in [0.5, 0.6) is 5.75 Å². The smallest absolute Gasteiger partial charge is 0.422 e. The van der Waals surface area contributed by atoms with Crippen molar-refractivity contribution in [2.24, 2.45) is 0 Å². The Labute approximate surface area is 141 Å². The van der Waals surface area contributed by atoms with Crippen molar-refractivity contribution in [2.45, 2.75) is 12.6 Å². The summed E-state index contributed by atoms with van der Waals surface area (Å²) in [6, 6.07) is 3.25. The van der Waals surface area contributed by atoms with E-state index in [9.17, 15) is 23.3 Å². The van der Waals surface area contributed by atoms with Crippen molar-refractivity contribution in [3.05, 3.63) is 28.3 Å². The van der Waals surface area contributed by atoms with Crippen molar-refractivity contribution in [1.82, 2.24) is 5.32 Å². The number of nitrogens with one attached hydrogen (secondary N) is 2. The maximum absolute atomic E-state index is 12.2. The molecular formula is C13H16F3N3O4S. The van der Waals surface area contributed by atoms with Crippen molar-refractivity contribution >= 4 is 28.7 Å². The molecule has 134 valence electrons. The van der Waals surface area contributed by atoms with Crippen LogP contribution in [-0.4, -0.2) is 43.1 Å². The van der Waals surface area contributed by atoms with Gasteiger partial charge in [0.1, 0.15) is 5.75 Å². The Morgan fingerprint density at radius 1 is 1.38 bits per heavy atom. The number of alkyl halides is 3. The van der Waals surface area contributed by atoms with Crippen molar-refractivity contribution in [1.29, 1.82) is 0 Å². The molecule has 0 fully saturated rings. The Balaban J connectivity index is 2.76.